The molecule has 0 atom stereocenters. The van der Waals surface area contributed by atoms with Gasteiger partial charge in [0.25, 0.3) is 17.7 Å². The van der Waals surface area contributed by atoms with Gasteiger partial charge in [0.2, 0.25) is 0 Å². The van der Waals surface area contributed by atoms with Crippen molar-refractivity contribution in [3.8, 4) is 0 Å². The summed E-state index contributed by atoms with van der Waals surface area (Å²) in [5.41, 5.74) is 2.10. The number of hydrogen-bond acceptors (Lipinski definition) is 3. The van der Waals surface area contributed by atoms with E-state index >= 15 is 0 Å². The summed E-state index contributed by atoms with van der Waals surface area (Å²) in [4.78, 5) is 41.6. The Hall–Kier alpha value is -2.95. The van der Waals surface area contributed by atoms with Gasteiger partial charge in [-0.15, -0.1) is 0 Å². The quantitative estimate of drug-likeness (QED) is 0.764. The van der Waals surface area contributed by atoms with E-state index in [1.54, 1.807) is 18.2 Å². The van der Waals surface area contributed by atoms with Crippen molar-refractivity contribution in [1.29, 1.82) is 0 Å². The van der Waals surface area contributed by atoms with Gasteiger partial charge in [-0.2, -0.15) is 0 Å². The van der Waals surface area contributed by atoms with Crippen LogP contribution in [0.1, 0.15) is 68.7 Å². The highest BCUT2D eigenvalue weighted by atomic mass is 16.2. The van der Waals surface area contributed by atoms with Crippen LogP contribution in [0.2, 0.25) is 0 Å². The minimum atomic E-state index is -0.328. The second-order valence-corrected chi connectivity index (χ2v) is 7.50. The molecule has 3 amide bonds. The van der Waals surface area contributed by atoms with E-state index in [-0.39, 0.29) is 24.3 Å². The van der Waals surface area contributed by atoms with Crippen LogP contribution in [0.5, 0.6) is 0 Å². The van der Waals surface area contributed by atoms with E-state index in [4.69, 9.17) is 0 Å². The number of fused-ring (bicyclic) bond motifs is 1. The van der Waals surface area contributed by atoms with E-state index in [9.17, 15) is 14.4 Å². The lowest BCUT2D eigenvalue weighted by Gasteiger charge is -2.25. The molecular formula is C23H24N2O3. The van der Waals surface area contributed by atoms with E-state index in [0.29, 0.717) is 16.7 Å². The third-order valence-electron chi connectivity index (χ3n) is 5.54. The van der Waals surface area contributed by atoms with Gasteiger partial charge in [0.05, 0.1) is 17.7 Å². The largest absolute Gasteiger partial charge is 0.339 e. The van der Waals surface area contributed by atoms with Gasteiger partial charge in [-0.05, 0) is 36.6 Å². The molecule has 0 N–H and O–H groups in total. The van der Waals surface area contributed by atoms with Gasteiger partial charge >= 0.3 is 0 Å². The van der Waals surface area contributed by atoms with Crippen molar-refractivity contribution in [2.75, 3.05) is 13.1 Å². The number of rotatable bonds is 3. The summed E-state index contributed by atoms with van der Waals surface area (Å²) in [6, 6.07) is 14.3. The molecular weight excluding hydrogens is 352 g/mol. The summed E-state index contributed by atoms with van der Waals surface area (Å²) in [6.45, 7) is 1.74. The van der Waals surface area contributed by atoms with Gasteiger partial charge in [0.1, 0.15) is 0 Å². The Morgan fingerprint density at radius 2 is 1.43 bits per heavy atom. The van der Waals surface area contributed by atoms with Crippen molar-refractivity contribution >= 4 is 17.7 Å². The average Bonchev–Trinajstić information content (AvgIpc) is 2.93. The molecule has 0 aromatic heterocycles. The molecule has 0 radical (unpaired) electrons. The van der Waals surface area contributed by atoms with Crippen LogP contribution in [0.25, 0.3) is 0 Å². The monoisotopic (exact) mass is 376 g/mol. The van der Waals surface area contributed by atoms with Gasteiger partial charge in [-0.1, -0.05) is 49.6 Å². The summed E-state index contributed by atoms with van der Waals surface area (Å²) in [6.07, 6.45) is 5.55. The zero-order chi connectivity index (χ0) is 19.5. The second-order valence-electron chi connectivity index (χ2n) is 7.50. The molecule has 144 valence electrons. The maximum absolute atomic E-state index is 12.9. The summed E-state index contributed by atoms with van der Waals surface area (Å²) >= 11 is 0. The molecule has 2 heterocycles. The van der Waals surface area contributed by atoms with Crippen molar-refractivity contribution < 1.29 is 14.4 Å². The molecule has 28 heavy (non-hydrogen) atoms. The van der Waals surface area contributed by atoms with Crippen molar-refractivity contribution in [2.45, 2.75) is 38.6 Å². The Bertz CT molecular complexity index is 899. The Morgan fingerprint density at radius 3 is 2.14 bits per heavy atom. The highest BCUT2D eigenvalue weighted by Gasteiger charge is 2.36. The molecule has 2 aliphatic heterocycles. The fourth-order valence-corrected chi connectivity index (χ4v) is 3.97. The second kappa shape index (κ2) is 7.97. The fourth-order valence-electron chi connectivity index (χ4n) is 3.97. The third kappa shape index (κ3) is 3.57. The zero-order valence-corrected chi connectivity index (χ0v) is 15.9. The van der Waals surface area contributed by atoms with Crippen molar-refractivity contribution in [3.05, 3.63) is 70.8 Å². The summed E-state index contributed by atoms with van der Waals surface area (Å²) in [5, 5.41) is 0. The van der Waals surface area contributed by atoms with E-state index in [2.05, 4.69) is 0 Å². The number of benzene rings is 2. The topological polar surface area (TPSA) is 57.7 Å². The number of nitrogens with zero attached hydrogens (tertiary/aromatic N) is 2. The van der Waals surface area contributed by atoms with Crippen LogP contribution in [-0.4, -0.2) is 40.6 Å². The fraction of sp³-hybridized carbons (Fsp3) is 0.348. The maximum Gasteiger partial charge on any atom is 0.261 e. The Labute approximate surface area is 164 Å². The van der Waals surface area contributed by atoms with Gasteiger partial charge in [-0.25, -0.2) is 0 Å². The Kier molecular flexibility index (Phi) is 5.24. The number of carbonyl (C=O) groups is 3. The number of hydrogen-bond donors (Lipinski definition) is 0. The molecule has 5 nitrogen and oxygen atoms in total. The van der Waals surface area contributed by atoms with Crippen molar-refractivity contribution in [2.24, 2.45) is 0 Å². The highest BCUT2D eigenvalue weighted by molar-refractivity contribution is 6.22. The molecule has 0 saturated carbocycles. The molecule has 0 bridgehead atoms. The van der Waals surface area contributed by atoms with Crippen LogP contribution in [0, 0.1) is 0 Å². The highest BCUT2D eigenvalue weighted by Crippen LogP contribution is 2.26. The summed E-state index contributed by atoms with van der Waals surface area (Å²) < 4.78 is 0. The van der Waals surface area contributed by atoms with Gasteiger partial charge in [0, 0.05) is 18.7 Å². The Morgan fingerprint density at radius 1 is 0.786 bits per heavy atom. The number of amides is 3. The molecule has 0 spiro atoms. The smallest absolute Gasteiger partial charge is 0.261 e. The third-order valence-corrected chi connectivity index (χ3v) is 5.54. The van der Waals surface area contributed by atoms with E-state index < -0.39 is 0 Å². The SMILES string of the molecule is O=C(c1ccc2c(c1)C(=O)N(Cc1ccccc1)C2=O)N1CCCCCCC1. The lowest BCUT2D eigenvalue weighted by Crippen LogP contribution is -2.33. The van der Waals surface area contributed by atoms with Crippen LogP contribution >= 0.6 is 0 Å². The Balaban J connectivity index is 1.55. The van der Waals surface area contributed by atoms with Crippen molar-refractivity contribution in [3.63, 3.8) is 0 Å². The van der Waals surface area contributed by atoms with E-state index in [1.807, 2.05) is 35.2 Å². The van der Waals surface area contributed by atoms with Crippen LogP contribution in [0.15, 0.2) is 48.5 Å². The van der Waals surface area contributed by atoms with Gasteiger partial charge in [0.15, 0.2) is 0 Å². The van der Waals surface area contributed by atoms with Gasteiger partial charge in [-0.3, -0.25) is 19.3 Å². The molecule has 2 aliphatic rings. The minimum absolute atomic E-state index is 0.0496. The maximum atomic E-state index is 12.9. The first-order valence-corrected chi connectivity index (χ1v) is 9.98. The van der Waals surface area contributed by atoms with E-state index in [0.717, 1.165) is 44.3 Å². The standard InChI is InChI=1S/C23H24N2O3/c26-21(24-13-7-2-1-3-8-14-24)18-11-12-19-20(15-18)23(28)25(22(19)27)16-17-9-5-4-6-10-17/h4-6,9-12,15H,1-3,7-8,13-14,16H2. The van der Waals surface area contributed by atoms with Crippen LogP contribution in [0.4, 0.5) is 0 Å². The average molecular weight is 376 g/mol. The van der Waals surface area contributed by atoms with Crippen LogP contribution < -0.4 is 0 Å². The van der Waals surface area contributed by atoms with Gasteiger partial charge < -0.3 is 4.90 Å². The molecule has 0 aliphatic carbocycles. The predicted octanol–water partition coefficient (Wildman–Crippen LogP) is 3.89. The normalized spacial score (nSPS) is 17.3. The van der Waals surface area contributed by atoms with Crippen LogP contribution in [0.3, 0.4) is 0 Å². The molecule has 2 aromatic carbocycles. The zero-order valence-electron chi connectivity index (χ0n) is 15.9. The molecule has 5 heteroatoms. The minimum Gasteiger partial charge on any atom is -0.339 e. The lowest BCUT2D eigenvalue weighted by molar-refractivity contribution is 0.0642. The first kappa shape index (κ1) is 18.4. The van der Waals surface area contributed by atoms with Crippen molar-refractivity contribution in [1.82, 2.24) is 9.80 Å². The summed E-state index contributed by atoms with van der Waals surface area (Å²) in [7, 11) is 0. The molecule has 1 saturated heterocycles. The first-order valence-electron chi connectivity index (χ1n) is 9.98. The van der Waals surface area contributed by atoms with Crippen LogP contribution in [-0.2, 0) is 6.54 Å². The predicted molar refractivity (Wildman–Crippen MR) is 106 cm³/mol. The first-order chi connectivity index (χ1) is 13.6. The lowest BCUT2D eigenvalue weighted by atomic mass is 10.0. The molecule has 2 aromatic rings. The number of likely N-dealkylation sites (tertiary alicyclic amines) is 1. The molecule has 0 unspecified atom stereocenters. The molecule has 1 fully saturated rings. The van der Waals surface area contributed by atoms with E-state index in [1.165, 1.54) is 11.3 Å². The number of carbonyl (C=O) groups excluding carboxylic acids is 3. The summed E-state index contributed by atoms with van der Waals surface area (Å²) in [5.74, 6) is -0.674. The molecule has 4 rings (SSSR count). The number of imide groups is 1.